The molecule has 0 spiro atoms. The number of imidazole rings is 1. The predicted octanol–water partition coefficient (Wildman–Crippen LogP) is 2.10. The number of hydrogen-bond donors (Lipinski definition) is 1. The fourth-order valence-electron chi connectivity index (χ4n) is 1.86. The SMILES string of the molecule is CCc1nc(-c2ccccc2C#N)c(N)n1C. The lowest BCUT2D eigenvalue weighted by Crippen LogP contribution is -2.00. The summed E-state index contributed by atoms with van der Waals surface area (Å²) in [6.45, 7) is 2.03. The van der Waals surface area contributed by atoms with Crippen LogP contribution in [0.5, 0.6) is 0 Å². The quantitative estimate of drug-likeness (QED) is 0.852. The lowest BCUT2D eigenvalue weighted by atomic mass is 10.1. The summed E-state index contributed by atoms with van der Waals surface area (Å²) in [5.74, 6) is 1.52. The molecule has 17 heavy (non-hydrogen) atoms. The molecule has 2 rings (SSSR count). The van der Waals surface area contributed by atoms with Crippen LogP contribution in [0.3, 0.4) is 0 Å². The summed E-state index contributed by atoms with van der Waals surface area (Å²) >= 11 is 0. The van der Waals surface area contributed by atoms with Crippen LogP contribution in [0.4, 0.5) is 5.82 Å². The van der Waals surface area contributed by atoms with E-state index in [1.807, 2.05) is 36.7 Å². The minimum Gasteiger partial charge on any atom is -0.383 e. The largest absolute Gasteiger partial charge is 0.383 e. The third-order valence-electron chi connectivity index (χ3n) is 2.85. The van der Waals surface area contributed by atoms with Gasteiger partial charge in [-0.3, -0.25) is 0 Å². The summed E-state index contributed by atoms with van der Waals surface area (Å²) in [5, 5.41) is 9.08. The second kappa shape index (κ2) is 4.30. The molecule has 0 aliphatic carbocycles. The molecule has 2 N–H and O–H groups in total. The molecule has 0 amide bonds. The Morgan fingerprint density at radius 3 is 2.71 bits per heavy atom. The maximum atomic E-state index is 9.08. The van der Waals surface area contributed by atoms with E-state index in [0.29, 0.717) is 17.1 Å². The average Bonchev–Trinajstić information content (AvgIpc) is 2.66. The molecule has 1 aromatic carbocycles. The first-order valence-electron chi connectivity index (χ1n) is 5.49. The van der Waals surface area contributed by atoms with Gasteiger partial charge in [0.15, 0.2) is 0 Å². The number of anilines is 1. The highest BCUT2D eigenvalue weighted by atomic mass is 15.1. The van der Waals surface area contributed by atoms with Crippen molar-refractivity contribution in [1.82, 2.24) is 9.55 Å². The van der Waals surface area contributed by atoms with Gasteiger partial charge in [0.2, 0.25) is 0 Å². The maximum Gasteiger partial charge on any atom is 0.131 e. The second-order valence-electron chi connectivity index (χ2n) is 3.83. The van der Waals surface area contributed by atoms with Gasteiger partial charge in [-0.05, 0) is 6.07 Å². The molecule has 0 unspecified atom stereocenters. The Hall–Kier alpha value is -2.28. The summed E-state index contributed by atoms with van der Waals surface area (Å²) in [7, 11) is 1.89. The molecule has 0 aliphatic rings. The van der Waals surface area contributed by atoms with E-state index in [2.05, 4.69) is 11.1 Å². The normalized spacial score (nSPS) is 10.2. The van der Waals surface area contributed by atoms with E-state index in [1.165, 1.54) is 0 Å². The van der Waals surface area contributed by atoms with E-state index in [1.54, 1.807) is 6.07 Å². The molecule has 0 bridgehead atoms. The van der Waals surface area contributed by atoms with Crippen molar-refractivity contribution in [1.29, 1.82) is 5.26 Å². The minimum absolute atomic E-state index is 0.597. The van der Waals surface area contributed by atoms with Crippen LogP contribution < -0.4 is 5.73 Å². The van der Waals surface area contributed by atoms with Gasteiger partial charge in [0.05, 0.1) is 11.6 Å². The Kier molecular flexibility index (Phi) is 2.84. The van der Waals surface area contributed by atoms with Crippen molar-refractivity contribution in [2.24, 2.45) is 7.05 Å². The Balaban J connectivity index is 2.65. The van der Waals surface area contributed by atoms with Crippen molar-refractivity contribution in [3.05, 3.63) is 35.7 Å². The minimum atomic E-state index is 0.597. The van der Waals surface area contributed by atoms with E-state index in [0.717, 1.165) is 17.8 Å². The summed E-state index contributed by atoms with van der Waals surface area (Å²) in [4.78, 5) is 4.49. The van der Waals surface area contributed by atoms with E-state index >= 15 is 0 Å². The van der Waals surface area contributed by atoms with Gasteiger partial charge in [0.25, 0.3) is 0 Å². The van der Waals surface area contributed by atoms with Gasteiger partial charge in [-0.25, -0.2) is 4.98 Å². The number of aromatic nitrogens is 2. The molecule has 0 atom stereocenters. The third-order valence-corrected chi connectivity index (χ3v) is 2.85. The molecule has 2 aromatic rings. The van der Waals surface area contributed by atoms with Crippen LogP contribution in [0.1, 0.15) is 18.3 Å². The van der Waals surface area contributed by atoms with E-state index in [9.17, 15) is 0 Å². The summed E-state index contributed by atoms with van der Waals surface area (Å²) < 4.78 is 1.86. The predicted molar refractivity (Wildman–Crippen MR) is 67.1 cm³/mol. The zero-order valence-electron chi connectivity index (χ0n) is 9.94. The van der Waals surface area contributed by atoms with Crippen LogP contribution in [-0.2, 0) is 13.5 Å². The van der Waals surface area contributed by atoms with Crippen LogP contribution in [0.25, 0.3) is 11.3 Å². The van der Waals surface area contributed by atoms with Gasteiger partial charge in [0.1, 0.15) is 17.3 Å². The molecule has 0 saturated heterocycles. The van der Waals surface area contributed by atoms with E-state index in [-0.39, 0.29) is 0 Å². The van der Waals surface area contributed by atoms with Crippen molar-refractivity contribution < 1.29 is 0 Å². The Bertz CT molecular complexity index is 590. The number of nitrogens with zero attached hydrogens (tertiary/aromatic N) is 3. The highest BCUT2D eigenvalue weighted by molar-refractivity contribution is 5.75. The molecule has 86 valence electrons. The number of nitrogens with two attached hydrogens (primary N) is 1. The topological polar surface area (TPSA) is 67.6 Å². The number of aryl methyl sites for hydroxylation is 1. The summed E-state index contributed by atoms with van der Waals surface area (Å²) in [6.07, 6.45) is 0.815. The Labute approximate surface area is 100 Å². The molecule has 0 fully saturated rings. The summed E-state index contributed by atoms with van der Waals surface area (Å²) in [6, 6.07) is 9.53. The van der Waals surface area contributed by atoms with Crippen LogP contribution in [0, 0.1) is 11.3 Å². The second-order valence-corrected chi connectivity index (χ2v) is 3.83. The molecule has 4 heteroatoms. The first-order valence-corrected chi connectivity index (χ1v) is 5.49. The van der Waals surface area contributed by atoms with Crippen LogP contribution in [-0.4, -0.2) is 9.55 Å². The van der Waals surface area contributed by atoms with Crippen LogP contribution in [0.2, 0.25) is 0 Å². The standard InChI is InChI=1S/C13H14N4/c1-3-11-16-12(13(15)17(11)2)10-7-5-4-6-9(10)8-14/h4-7H,3,15H2,1-2H3. The van der Waals surface area contributed by atoms with Crippen molar-refractivity contribution >= 4 is 5.82 Å². The van der Waals surface area contributed by atoms with Gasteiger partial charge in [-0.2, -0.15) is 5.26 Å². The molecule has 1 aromatic heterocycles. The van der Waals surface area contributed by atoms with Gasteiger partial charge < -0.3 is 10.3 Å². The Morgan fingerprint density at radius 2 is 2.12 bits per heavy atom. The number of nitriles is 1. The fourth-order valence-corrected chi connectivity index (χ4v) is 1.86. The molecule has 4 nitrogen and oxygen atoms in total. The third kappa shape index (κ3) is 1.76. The smallest absolute Gasteiger partial charge is 0.131 e. The fraction of sp³-hybridized carbons (Fsp3) is 0.231. The van der Waals surface area contributed by atoms with E-state index in [4.69, 9.17) is 11.0 Å². The number of rotatable bonds is 2. The van der Waals surface area contributed by atoms with Gasteiger partial charge in [0, 0.05) is 19.0 Å². The zero-order valence-corrected chi connectivity index (χ0v) is 9.94. The monoisotopic (exact) mass is 226 g/mol. The van der Waals surface area contributed by atoms with Crippen molar-refractivity contribution in [2.75, 3.05) is 5.73 Å². The number of nitrogen functional groups attached to an aromatic ring is 1. The van der Waals surface area contributed by atoms with Crippen LogP contribution in [0.15, 0.2) is 24.3 Å². The number of benzene rings is 1. The molecule has 0 radical (unpaired) electrons. The molecular weight excluding hydrogens is 212 g/mol. The molecule has 1 heterocycles. The van der Waals surface area contributed by atoms with Gasteiger partial charge in [-0.15, -0.1) is 0 Å². The lowest BCUT2D eigenvalue weighted by molar-refractivity contribution is 0.816. The summed E-state index contributed by atoms with van der Waals surface area (Å²) in [5.41, 5.74) is 8.11. The van der Waals surface area contributed by atoms with Crippen molar-refractivity contribution in [3.8, 4) is 17.3 Å². The first kappa shape index (κ1) is 11.2. The molecule has 0 aliphatic heterocycles. The highest BCUT2D eigenvalue weighted by Gasteiger charge is 2.15. The molecular formula is C13H14N4. The highest BCUT2D eigenvalue weighted by Crippen LogP contribution is 2.28. The Morgan fingerprint density at radius 1 is 1.41 bits per heavy atom. The van der Waals surface area contributed by atoms with E-state index < -0.39 is 0 Å². The zero-order chi connectivity index (χ0) is 12.4. The van der Waals surface area contributed by atoms with Crippen molar-refractivity contribution in [2.45, 2.75) is 13.3 Å². The van der Waals surface area contributed by atoms with Gasteiger partial charge >= 0.3 is 0 Å². The van der Waals surface area contributed by atoms with Gasteiger partial charge in [-0.1, -0.05) is 25.1 Å². The number of hydrogen-bond acceptors (Lipinski definition) is 3. The molecule has 0 saturated carbocycles. The lowest BCUT2D eigenvalue weighted by Gasteiger charge is -2.02. The maximum absolute atomic E-state index is 9.08. The average molecular weight is 226 g/mol. The van der Waals surface area contributed by atoms with Crippen LogP contribution >= 0.6 is 0 Å². The van der Waals surface area contributed by atoms with Crippen molar-refractivity contribution in [3.63, 3.8) is 0 Å². The first-order chi connectivity index (χ1) is 8.19.